The summed E-state index contributed by atoms with van der Waals surface area (Å²) in [7, 11) is 2.93. The highest BCUT2D eigenvalue weighted by Crippen LogP contribution is 2.05. The molecule has 0 unspecified atom stereocenters. The fraction of sp³-hybridized carbons (Fsp3) is 0.333. The third-order valence-corrected chi connectivity index (χ3v) is 3.85. The normalized spacial score (nSPS) is 11.1. The van der Waals surface area contributed by atoms with Gasteiger partial charge in [0.1, 0.15) is 6.54 Å². The Bertz CT molecular complexity index is 993. The molecule has 1 amide bonds. The van der Waals surface area contributed by atoms with Crippen LogP contribution >= 0.6 is 0 Å². The second-order valence-corrected chi connectivity index (χ2v) is 5.48. The highest BCUT2D eigenvalue weighted by Gasteiger charge is 2.15. The second kappa shape index (κ2) is 6.19. The van der Waals surface area contributed by atoms with Gasteiger partial charge >= 0.3 is 5.69 Å². The predicted octanol–water partition coefficient (Wildman–Crippen LogP) is -0.614. The van der Waals surface area contributed by atoms with Gasteiger partial charge in [-0.3, -0.25) is 18.7 Å². The van der Waals surface area contributed by atoms with Crippen LogP contribution in [0.3, 0.4) is 0 Å². The van der Waals surface area contributed by atoms with Crippen LogP contribution in [0.1, 0.15) is 5.56 Å². The number of nitrogens with one attached hydrogen (secondary N) is 1. The number of furan rings is 1. The lowest BCUT2D eigenvalue weighted by molar-refractivity contribution is -0.121. The molecule has 3 aromatic heterocycles. The van der Waals surface area contributed by atoms with E-state index >= 15 is 0 Å². The number of amides is 1. The Labute approximate surface area is 136 Å². The molecule has 24 heavy (non-hydrogen) atoms. The number of aryl methyl sites for hydroxylation is 1. The van der Waals surface area contributed by atoms with E-state index in [2.05, 4.69) is 10.3 Å². The Morgan fingerprint density at radius 3 is 2.79 bits per heavy atom. The average Bonchev–Trinajstić information content (AvgIpc) is 3.21. The summed E-state index contributed by atoms with van der Waals surface area (Å²) in [6.45, 7) is 0.414. The molecule has 0 aliphatic carbocycles. The molecule has 0 bridgehead atoms. The first-order valence-corrected chi connectivity index (χ1v) is 7.37. The molecule has 0 spiro atoms. The Kier molecular flexibility index (Phi) is 4.07. The van der Waals surface area contributed by atoms with Crippen LogP contribution in [0.5, 0.6) is 0 Å². The van der Waals surface area contributed by atoms with E-state index < -0.39 is 11.2 Å². The molecule has 3 rings (SSSR count). The van der Waals surface area contributed by atoms with E-state index in [1.54, 1.807) is 12.5 Å². The van der Waals surface area contributed by atoms with Crippen molar-refractivity contribution < 1.29 is 9.21 Å². The van der Waals surface area contributed by atoms with E-state index in [0.717, 1.165) is 10.1 Å². The predicted molar refractivity (Wildman–Crippen MR) is 85.6 cm³/mol. The molecular formula is C15H17N5O4. The molecule has 3 heterocycles. The van der Waals surface area contributed by atoms with E-state index in [-0.39, 0.29) is 23.6 Å². The van der Waals surface area contributed by atoms with Gasteiger partial charge in [0.2, 0.25) is 5.91 Å². The minimum atomic E-state index is -0.475. The summed E-state index contributed by atoms with van der Waals surface area (Å²) < 4.78 is 8.69. The Morgan fingerprint density at radius 2 is 2.08 bits per heavy atom. The third kappa shape index (κ3) is 2.75. The lowest BCUT2D eigenvalue weighted by Crippen LogP contribution is -2.38. The Hall–Kier alpha value is -3.10. The van der Waals surface area contributed by atoms with Gasteiger partial charge in [0.25, 0.3) is 5.56 Å². The van der Waals surface area contributed by atoms with Crippen LogP contribution in [-0.2, 0) is 31.9 Å². The lowest BCUT2D eigenvalue weighted by Gasteiger charge is -2.07. The van der Waals surface area contributed by atoms with Gasteiger partial charge in [-0.15, -0.1) is 0 Å². The van der Waals surface area contributed by atoms with Gasteiger partial charge in [0.05, 0.1) is 18.9 Å². The van der Waals surface area contributed by atoms with Gasteiger partial charge < -0.3 is 14.3 Å². The molecular weight excluding hydrogens is 314 g/mol. The summed E-state index contributed by atoms with van der Waals surface area (Å²) in [5.41, 5.74) is 0.547. The third-order valence-electron chi connectivity index (χ3n) is 3.85. The maximum absolute atomic E-state index is 12.3. The maximum Gasteiger partial charge on any atom is 0.332 e. The SMILES string of the molecule is Cn1c(=O)c2c(ncn2CC(=O)NCCc2ccoc2)n(C)c1=O. The van der Waals surface area contributed by atoms with Crippen molar-refractivity contribution in [3.8, 4) is 0 Å². The molecule has 0 saturated carbocycles. The number of nitrogens with zero attached hydrogens (tertiary/aromatic N) is 4. The number of fused-ring (bicyclic) bond motifs is 1. The molecule has 0 aliphatic rings. The fourth-order valence-electron chi connectivity index (χ4n) is 2.51. The summed E-state index contributed by atoms with van der Waals surface area (Å²) in [6, 6.07) is 1.83. The first kappa shape index (κ1) is 15.8. The monoisotopic (exact) mass is 331 g/mol. The van der Waals surface area contributed by atoms with Crippen molar-refractivity contribution in [1.82, 2.24) is 24.0 Å². The zero-order chi connectivity index (χ0) is 17.3. The number of rotatable bonds is 5. The molecule has 0 aliphatic heterocycles. The number of carbonyl (C=O) groups is 1. The zero-order valence-electron chi connectivity index (χ0n) is 13.4. The molecule has 0 atom stereocenters. The van der Waals surface area contributed by atoms with Crippen LogP contribution in [0.15, 0.2) is 38.9 Å². The fourth-order valence-corrected chi connectivity index (χ4v) is 2.51. The standard InChI is InChI=1S/C15H17N5O4/c1-18-13-12(14(22)19(2)15(18)23)20(9-17-13)7-11(21)16-5-3-10-4-6-24-8-10/h4,6,8-9H,3,5,7H2,1-2H3,(H,16,21). The minimum absolute atomic E-state index is 0.0463. The molecule has 0 radical (unpaired) electrons. The molecule has 0 fully saturated rings. The number of hydrogen-bond acceptors (Lipinski definition) is 5. The van der Waals surface area contributed by atoms with Crippen LogP contribution in [0.2, 0.25) is 0 Å². The number of imidazole rings is 1. The van der Waals surface area contributed by atoms with Gasteiger partial charge in [-0.1, -0.05) is 0 Å². The molecule has 9 heteroatoms. The van der Waals surface area contributed by atoms with Crippen LogP contribution in [-0.4, -0.2) is 31.1 Å². The van der Waals surface area contributed by atoms with Crippen molar-refractivity contribution in [3.05, 3.63) is 51.3 Å². The van der Waals surface area contributed by atoms with Crippen molar-refractivity contribution in [3.63, 3.8) is 0 Å². The highest BCUT2D eigenvalue weighted by molar-refractivity contribution is 5.78. The highest BCUT2D eigenvalue weighted by atomic mass is 16.3. The smallest absolute Gasteiger partial charge is 0.332 e. The first-order valence-electron chi connectivity index (χ1n) is 7.37. The van der Waals surface area contributed by atoms with Crippen molar-refractivity contribution in [1.29, 1.82) is 0 Å². The largest absolute Gasteiger partial charge is 0.472 e. The Balaban J connectivity index is 1.77. The van der Waals surface area contributed by atoms with E-state index in [4.69, 9.17) is 4.42 Å². The summed E-state index contributed by atoms with van der Waals surface area (Å²) in [4.78, 5) is 40.3. The number of carbonyl (C=O) groups excluding carboxylic acids is 1. The van der Waals surface area contributed by atoms with Crippen LogP contribution in [0, 0.1) is 0 Å². The maximum atomic E-state index is 12.3. The van der Waals surface area contributed by atoms with Crippen LogP contribution in [0.25, 0.3) is 11.2 Å². The van der Waals surface area contributed by atoms with Crippen LogP contribution in [0.4, 0.5) is 0 Å². The quantitative estimate of drug-likeness (QED) is 0.671. The minimum Gasteiger partial charge on any atom is -0.472 e. The molecule has 1 N–H and O–H groups in total. The van der Waals surface area contributed by atoms with Gasteiger partial charge in [-0.25, -0.2) is 9.78 Å². The van der Waals surface area contributed by atoms with Gasteiger partial charge in [0.15, 0.2) is 11.2 Å². The van der Waals surface area contributed by atoms with Gasteiger partial charge in [0, 0.05) is 20.6 Å². The van der Waals surface area contributed by atoms with E-state index in [9.17, 15) is 14.4 Å². The van der Waals surface area contributed by atoms with Gasteiger partial charge in [-0.05, 0) is 18.1 Å². The Morgan fingerprint density at radius 1 is 1.29 bits per heavy atom. The summed E-state index contributed by atoms with van der Waals surface area (Å²) in [5, 5.41) is 2.78. The number of aromatic nitrogens is 4. The topological polar surface area (TPSA) is 104 Å². The van der Waals surface area contributed by atoms with Crippen molar-refractivity contribution in [2.75, 3.05) is 6.54 Å². The van der Waals surface area contributed by atoms with Crippen molar-refractivity contribution in [2.45, 2.75) is 13.0 Å². The first-order chi connectivity index (χ1) is 11.5. The average molecular weight is 331 g/mol. The van der Waals surface area contributed by atoms with E-state index in [0.29, 0.717) is 13.0 Å². The van der Waals surface area contributed by atoms with Crippen LogP contribution < -0.4 is 16.6 Å². The summed E-state index contributed by atoms with van der Waals surface area (Å²) in [5.74, 6) is -0.242. The van der Waals surface area contributed by atoms with Crippen molar-refractivity contribution >= 4 is 17.1 Å². The molecule has 0 saturated heterocycles. The van der Waals surface area contributed by atoms with Gasteiger partial charge in [-0.2, -0.15) is 0 Å². The molecule has 9 nitrogen and oxygen atoms in total. The second-order valence-electron chi connectivity index (χ2n) is 5.48. The molecule has 0 aromatic carbocycles. The molecule has 3 aromatic rings. The van der Waals surface area contributed by atoms with E-state index in [1.165, 1.54) is 29.6 Å². The van der Waals surface area contributed by atoms with E-state index in [1.807, 2.05) is 6.07 Å². The summed E-state index contributed by atoms with van der Waals surface area (Å²) >= 11 is 0. The lowest BCUT2D eigenvalue weighted by atomic mass is 10.2. The van der Waals surface area contributed by atoms with Crippen molar-refractivity contribution in [2.24, 2.45) is 14.1 Å². The zero-order valence-corrected chi connectivity index (χ0v) is 13.4. The molecule has 126 valence electrons. The number of hydrogen-bond donors (Lipinski definition) is 1. The summed E-state index contributed by atoms with van der Waals surface area (Å²) in [6.07, 6.45) is 5.25.